The van der Waals surface area contributed by atoms with Gasteiger partial charge >= 0.3 is 5.97 Å². The van der Waals surface area contributed by atoms with E-state index in [9.17, 15) is 19.5 Å². The van der Waals surface area contributed by atoms with Crippen molar-refractivity contribution >= 4 is 17.5 Å². The SMILES string of the molecule is COC(=O)c1ccnc2c1C(=O)c1c(O)cccc1C2=O. The van der Waals surface area contributed by atoms with Crippen LogP contribution in [0.1, 0.15) is 42.3 Å². The molecule has 104 valence electrons. The Labute approximate surface area is 119 Å². The Morgan fingerprint density at radius 3 is 2.62 bits per heavy atom. The highest BCUT2D eigenvalue weighted by atomic mass is 16.5. The van der Waals surface area contributed by atoms with Crippen molar-refractivity contribution in [1.29, 1.82) is 0 Å². The van der Waals surface area contributed by atoms with E-state index < -0.39 is 17.5 Å². The summed E-state index contributed by atoms with van der Waals surface area (Å²) in [6.45, 7) is 0. The third kappa shape index (κ3) is 1.73. The number of ether oxygens (including phenoxy) is 1. The summed E-state index contributed by atoms with van der Waals surface area (Å²) < 4.78 is 4.61. The maximum absolute atomic E-state index is 12.6. The molecule has 1 aromatic carbocycles. The van der Waals surface area contributed by atoms with E-state index in [1.54, 1.807) is 0 Å². The van der Waals surface area contributed by atoms with Gasteiger partial charge in [-0.3, -0.25) is 14.6 Å². The van der Waals surface area contributed by atoms with E-state index in [1.807, 2.05) is 0 Å². The number of pyridine rings is 1. The lowest BCUT2D eigenvalue weighted by molar-refractivity contribution is 0.0597. The molecular formula is C15H9NO5. The van der Waals surface area contributed by atoms with Gasteiger partial charge in [0, 0.05) is 11.8 Å². The number of fused-ring (bicyclic) bond motifs is 2. The second-order valence-corrected chi connectivity index (χ2v) is 4.43. The van der Waals surface area contributed by atoms with E-state index in [2.05, 4.69) is 9.72 Å². The number of carbonyl (C=O) groups is 3. The zero-order chi connectivity index (χ0) is 15.1. The number of phenols is 1. The number of aromatic nitrogens is 1. The highest BCUT2D eigenvalue weighted by molar-refractivity contribution is 6.30. The van der Waals surface area contributed by atoms with Crippen LogP contribution < -0.4 is 0 Å². The minimum atomic E-state index is -0.742. The first kappa shape index (κ1) is 13.0. The van der Waals surface area contributed by atoms with E-state index in [4.69, 9.17) is 0 Å². The molecule has 1 aliphatic rings. The summed E-state index contributed by atoms with van der Waals surface area (Å²) in [6.07, 6.45) is 1.27. The largest absolute Gasteiger partial charge is 0.507 e. The molecule has 0 atom stereocenters. The molecule has 6 nitrogen and oxygen atoms in total. The monoisotopic (exact) mass is 283 g/mol. The van der Waals surface area contributed by atoms with Gasteiger partial charge < -0.3 is 9.84 Å². The Morgan fingerprint density at radius 1 is 1.14 bits per heavy atom. The number of esters is 1. The van der Waals surface area contributed by atoms with E-state index in [-0.39, 0.29) is 33.7 Å². The fourth-order valence-electron chi connectivity index (χ4n) is 2.36. The lowest BCUT2D eigenvalue weighted by Gasteiger charge is -2.18. The first-order valence-electron chi connectivity index (χ1n) is 6.05. The molecule has 0 aliphatic heterocycles. The Balaban J connectivity index is 2.34. The molecule has 1 N–H and O–H groups in total. The predicted molar refractivity (Wildman–Crippen MR) is 70.5 cm³/mol. The first-order valence-corrected chi connectivity index (χ1v) is 6.05. The van der Waals surface area contributed by atoms with Crippen LogP contribution in [0.15, 0.2) is 30.5 Å². The zero-order valence-electron chi connectivity index (χ0n) is 10.9. The summed E-state index contributed by atoms with van der Waals surface area (Å²) in [5, 5.41) is 9.85. The van der Waals surface area contributed by atoms with Crippen LogP contribution in [0.3, 0.4) is 0 Å². The van der Waals surface area contributed by atoms with Gasteiger partial charge in [0.25, 0.3) is 0 Å². The van der Waals surface area contributed by atoms with Gasteiger partial charge in [-0.25, -0.2) is 4.79 Å². The summed E-state index contributed by atoms with van der Waals surface area (Å²) in [5.74, 6) is -2.18. The number of aromatic hydroxyl groups is 1. The Kier molecular flexibility index (Phi) is 2.79. The van der Waals surface area contributed by atoms with Crippen LogP contribution in [0.2, 0.25) is 0 Å². The van der Waals surface area contributed by atoms with Crippen LogP contribution in [-0.2, 0) is 4.74 Å². The number of hydrogen-bond acceptors (Lipinski definition) is 6. The molecule has 0 unspecified atom stereocenters. The standard InChI is InChI=1S/C15H9NO5/c1-21-15(20)8-5-6-16-12-11(8)14(19)10-7(13(12)18)3-2-4-9(10)17/h2-6,17H,1H3. The average Bonchev–Trinajstić information content (AvgIpc) is 2.51. The van der Waals surface area contributed by atoms with Crippen LogP contribution in [0.4, 0.5) is 0 Å². The third-order valence-electron chi connectivity index (χ3n) is 3.31. The molecule has 21 heavy (non-hydrogen) atoms. The van der Waals surface area contributed by atoms with Crippen molar-refractivity contribution in [2.75, 3.05) is 7.11 Å². The van der Waals surface area contributed by atoms with Crippen LogP contribution in [0.5, 0.6) is 5.75 Å². The fourth-order valence-corrected chi connectivity index (χ4v) is 2.36. The minimum absolute atomic E-state index is 0.0465. The molecular weight excluding hydrogens is 274 g/mol. The molecule has 0 fully saturated rings. The Bertz CT molecular complexity index is 810. The normalized spacial score (nSPS) is 12.6. The molecule has 3 rings (SSSR count). The van der Waals surface area contributed by atoms with Gasteiger partial charge in [0.2, 0.25) is 11.6 Å². The molecule has 1 heterocycles. The molecule has 0 spiro atoms. The summed E-state index contributed by atoms with van der Waals surface area (Å²) in [7, 11) is 1.18. The number of methoxy groups -OCH3 is 1. The van der Waals surface area contributed by atoms with E-state index in [0.29, 0.717) is 0 Å². The topological polar surface area (TPSA) is 93.6 Å². The van der Waals surface area contributed by atoms with Crippen molar-refractivity contribution in [1.82, 2.24) is 4.98 Å². The van der Waals surface area contributed by atoms with Crippen molar-refractivity contribution in [2.45, 2.75) is 0 Å². The van der Waals surface area contributed by atoms with Gasteiger partial charge in [-0.15, -0.1) is 0 Å². The van der Waals surface area contributed by atoms with Gasteiger partial charge in [-0.2, -0.15) is 0 Å². The van der Waals surface area contributed by atoms with Gasteiger partial charge in [-0.1, -0.05) is 6.07 Å². The molecule has 0 bridgehead atoms. The molecule has 0 radical (unpaired) electrons. The zero-order valence-corrected chi connectivity index (χ0v) is 10.9. The second kappa shape index (κ2) is 4.52. The molecule has 6 heteroatoms. The predicted octanol–water partition coefficient (Wildman–Crippen LogP) is 1.35. The molecule has 1 aliphatic carbocycles. The quantitative estimate of drug-likeness (QED) is 0.677. The van der Waals surface area contributed by atoms with Gasteiger partial charge in [-0.05, 0) is 18.2 Å². The van der Waals surface area contributed by atoms with Crippen molar-refractivity contribution in [2.24, 2.45) is 0 Å². The number of ketones is 2. The van der Waals surface area contributed by atoms with Gasteiger partial charge in [0.05, 0.1) is 23.8 Å². The first-order chi connectivity index (χ1) is 10.1. The van der Waals surface area contributed by atoms with Crippen LogP contribution >= 0.6 is 0 Å². The smallest absolute Gasteiger partial charge is 0.338 e. The lowest BCUT2D eigenvalue weighted by Crippen LogP contribution is -2.25. The Morgan fingerprint density at radius 2 is 1.90 bits per heavy atom. The van der Waals surface area contributed by atoms with E-state index in [0.717, 1.165) is 0 Å². The van der Waals surface area contributed by atoms with Crippen LogP contribution in [0.25, 0.3) is 0 Å². The van der Waals surface area contributed by atoms with E-state index in [1.165, 1.54) is 37.6 Å². The number of phenolic OH excluding ortho intramolecular Hbond substituents is 1. The maximum atomic E-state index is 12.6. The Hall–Kier alpha value is -3.02. The van der Waals surface area contributed by atoms with Crippen molar-refractivity contribution < 1.29 is 24.2 Å². The second-order valence-electron chi connectivity index (χ2n) is 4.43. The van der Waals surface area contributed by atoms with Gasteiger partial charge in [0.1, 0.15) is 11.4 Å². The minimum Gasteiger partial charge on any atom is -0.507 e. The molecule has 0 saturated carbocycles. The number of carbonyl (C=O) groups excluding carboxylic acids is 3. The molecule has 0 saturated heterocycles. The summed E-state index contributed by atoms with van der Waals surface area (Å²) in [5.41, 5.74) is -0.339. The fraction of sp³-hybridized carbons (Fsp3) is 0.0667. The number of benzene rings is 1. The number of hydrogen-bond donors (Lipinski definition) is 1. The third-order valence-corrected chi connectivity index (χ3v) is 3.31. The summed E-state index contributed by atoms with van der Waals surface area (Å²) in [6, 6.07) is 5.52. The summed E-state index contributed by atoms with van der Waals surface area (Å²) >= 11 is 0. The lowest BCUT2D eigenvalue weighted by atomic mass is 9.84. The van der Waals surface area contributed by atoms with Crippen molar-refractivity contribution in [3.8, 4) is 5.75 Å². The highest BCUT2D eigenvalue weighted by Crippen LogP contribution is 2.33. The van der Waals surface area contributed by atoms with Crippen LogP contribution in [-0.4, -0.2) is 34.7 Å². The van der Waals surface area contributed by atoms with Gasteiger partial charge in [0.15, 0.2) is 0 Å². The highest BCUT2D eigenvalue weighted by Gasteiger charge is 2.36. The average molecular weight is 283 g/mol. The summed E-state index contributed by atoms with van der Waals surface area (Å²) in [4.78, 5) is 40.6. The van der Waals surface area contributed by atoms with Crippen LogP contribution in [0, 0.1) is 0 Å². The molecule has 1 aromatic heterocycles. The van der Waals surface area contributed by atoms with Crippen molar-refractivity contribution in [3.63, 3.8) is 0 Å². The molecule has 0 amide bonds. The van der Waals surface area contributed by atoms with E-state index >= 15 is 0 Å². The number of nitrogens with zero attached hydrogens (tertiary/aromatic N) is 1. The maximum Gasteiger partial charge on any atom is 0.338 e. The molecule has 2 aromatic rings. The van der Waals surface area contributed by atoms with Crippen molar-refractivity contribution in [3.05, 3.63) is 58.4 Å². The number of rotatable bonds is 1.